The van der Waals surface area contributed by atoms with Crippen molar-refractivity contribution < 1.29 is 0 Å². The van der Waals surface area contributed by atoms with E-state index in [9.17, 15) is 0 Å². The zero-order valence-corrected chi connectivity index (χ0v) is 11.1. The maximum absolute atomic E-state index is 4.50. The number of fused-ring (bicyclic) bond motifs is 1. The van der Waals surface area contributed by atoms with E-state index < -0.39 is 0 Å². The van der Waals surface area contributed by atoms with E-state index in [0.29, 0.717) is 5.95 Å². The van der Waals surface area contributed by atoms with Crippen molar-refractivity contribution in [3.8, 4) is 0 Å². The topological polar surface area (TPSA) is 37.8 Å². The molecule has 3 rings (SSSR count). The summed E-state index contributed by atoms with van der Waals surface area (Å²) >= 11 is 3.50. The Kier molecular flexibility index (Phi) is 2.94. The van der Waals surface area contributed by atoms with Gasteiger partial charge in [-0.3, -0.25) is 0 Å². The third-order valence-corrected chi connectivity index (χ3v) is 3.23. The van der Waals surface area contributed by atoms with Crippen LogP contribution in [-0.2, 0) is 0 Å². The summed E-state index contributed by atoms with van der Waals surface area (Å²) in [7, 11) is 0. The molecule has 0 bridgehead atoms. The third kappa shape index (κ3) is 2.19. The predicted molar refractivity (Wildman–Crippen MR) is 77.0 cm³/mol. The summed E-state index contributed by atoms with van der Waals surface area (Å²) < 4.78 is 0.971. The van der Waals surface area contributed by atoms with E-state index in [-0.39, 0.29) is 0 Å². The maximum Gasteiger partial charge on any atom is 0.227 e. The van der Waals surface area contributed by atoms with Crippen LogP contribution in [0.15, 0.2) is 59.2 Å². The second-order valence-corrected chi connectivity index (χ2v) is 4.72. The third-order valence-electron chi connectivity index (χ3n) is 2.59. The van der Waals surface area contributed by atoms with Gasteiger partial charge in [-0.25, -0.2) is 9.97 Å². The summed E-state index contributed by atoms with van der Waals surface area (Å²) in [6.45, 7) is 0. The first-order valence-corrected chi connectivity index (χ1v) is 6.35. The highest BCUT2D eigenvalue weighted by Gasteiger charge is 2.03. The fourth-order valence-electron chi connectivity index (χ4n) is 1.73. The molecule has 18 heavy (non-hydrogen) atoms. The molecule has 0 aliphatic heterocycles. The molecule has 0 radical (unpaired) electrons. The number of nitrogens with zero attached hydrogens (tertiary/aromatic N) is 2. The van der Waals surface area contributed by atoms with Crippen molar-refractivity contribution >= 4 is 38.5 Å². The Hall–Kier alpha value is -1.94. The van der Waals surface area contributed by atoms with E-state index >= 15 is 0 Å². The molecular formula is C14H10BrN3. The smallest absolute Gasteiger partial charge is 0.227 e. The number of aromatic nitrogens is 2. The predicted octanol–water partition coefficient (Wildman–Crippen LogP) is 4.14. The Morgan fingerprint density at radius 1 is 0.944 bits per heavy atom. The number of nitrogens with one attached hydrogen (secondary N) is 1. The number of anilines is 2. The Labute approximate surface area is 113 Å². The standard InChI is InChI=1S/C14H10BrN3/c15-12-8-4-5-10-9-16-14(18-13(10)12)17-11-6-2-1-3-7-11/h1-9H,(H,16,17,18). The van der Waals surface area contributed by atoms with E-state index in [1.165, 1.54) is 0 Å². The average molecular weight is 300 g/mol. The maximum atomic E-state index is 4.50. The van der Waals surface area contributed by atoms with Crippen molar-refractivity contribution in [1.29, 1.82) is 0 Å². The molecule has 88 valence electrons. The number of benzene rings is 2. The largest absolute Gasteiger partial charge is 0.324 e. The van der Waals surface area contributed by atoms with Gasteiger partial charge < -0.3 is 5.32 Å². The fraction of sp³-hybridized carbons (Fsp3) is 0. The summed E-state index contributed by atoms with van der Waals surface area (Å²) in [4.78, 5) is 8.80. The molecule has 0 amide bonds. The highest BCUT2D eigenvalue weighted by molar-refractivity contribution is 9.10. The first kappa shape index (κ1) is 11.2. The van der Waals surface area contributed by atoms with Crippen molar-refractivity contribution in [3.05, 3.63) is 59.2 Å². The number of rotatable bonds is 2. The zero-order chi connectivity index (χ0) is 12.4. The minimum atomic E-state index is 0.598. The van der Waals surface area contributed by atoms with E-state index in [4.69, 9.17) is 0 Å². The van der Waals surface area contributed by atoms with Crippen LogP contribution in [0, 0.1) is 0 Å². The van der Waals surface area contributed by atoms with Gasteiger partial charge in [0.25, 0.3) is 0 Å². The molecule has 0 unspecified atom stereocenters. The lowest BCUT2D eigenvalue weighted by atomic mass is 10.2. The SMILES string of the molecule is Brc1cccc2cnc(Nc3ccccc3)nc12. The minimum absolute atomic E-state index is 0.598. The van der Waals surface area contributed by atoms with Crippen LogP contribution >= 0.6 is 15.9 Å². The van der Waals surface area contributed by atoms with E-state index in [1.54, 1.807) is 0 Å². The van der Waals surface area contributed by atoms with Crippen molar-refractivity contribution in [2.24, 2.45) is 0 Å². The highest BCUT2D eigenvalue weighted by Crippen LogP contribution is 2.23. The molecular weight excluding hydrogens is 290 g/mol. The monoisotopic (exact) mass is 299 g/mol. The molecule has 3 aromatic rings. The molecule has 0 saturated carbocycles. The number of hydrogen-bond acceptors (Lipinski definition) is 3. The van der Waals surface area contributed by atoms with Crippen molar-refractivity contribution in [3.63, 3.8) is 0 Å². The van der Waals surface area contributed by atoms with Crippen LogP contribution in [0.25, 0.3) is 10.9 Å². The molecule has 1 aromatic heterocycles. The Morgan fingerprint density at radius 2 is 1.78 bits per heavy atom. The van der Waals surface area contributed by atoms with Gasteiger partial charge in [0.2, 0.25) is 5.95 Å². The van der Waals surface area contributed by atoms with Gasteiger partial charge in [0, 0.05) is 21.7 Å². The lowest BCUT2D eigenvalue weighted by Crippen LogP contribution is -1.96. The summed E-state index contributed by atoms with van der Waals surface area (Å²) in [5.41, 5.74) is 1.88. The van der Waals surface area contributed by atoms with E-state index in [1.807, 2.05) is 54.7 Å². The van der Waals surface area contributed by atoms with Crippen LogP contribution < -0.4 is 5.32 Å². The van der Waals surface area contributed by atoms with Gasteiger partial charge in [-0.2, -0.15) is 0 Å². The second kappa shape index (κ2) is 4.74. The van der Waals surface area contributed by atoms with E-state index in [2.05, 4.69) is 31.2 Å². The van der Waals surface area contributed by atoms with Crippen LogP contribution in [-0.4, -0.2) is 9.97 Å². The molecule has 0 saturated heterocycles. The Balaban J connectivity index is 2.01. The van der Waals surface area contributed by atoms with Gasteiger partial charge in [0.15, 0.2) is 0 Å². The van der Waals surface area contributed by atoms with Gasteiger partial charge in [0.1, 0.15) is 0 Å². The van der Waals surface area contributed by atoms with E-state index in [0.717, 1.165) is 21.1 Å². The first-order valence-electron chi connectivity index (χ1n) is 5.56. The summed E-state index contributed by atoms with van der Waals surface area (Å²) in [6.07, 6.45) is 1.82. The number of para-hydroxylation sites is 2. The average Bonchev–Trinajstić information content (AvgIpc) is 2.41. The lowest BCUT2D eigenvalue weighted by molar-refractivity contribution is 1.21. The van der Waals surface area contributed by atoms with Gasteiger partial charge >= 0.3 is 0 Å². The quantitative estimate of drug-likeness (QED) is 0.773. The Morgan fingerprint density at radius 3 is 2.61 bits per heavy atom. The van der Waals surface area contributed by atoms with Gasteiger partial charge in [0.05, 0.1) is 5.52 Å². The molecule has 2 aromatic carbocycles. The fourth-order valence-corrected chi connectivity index (χ4v) is 2.20. The van der Waals surface area contributed by atoms with Crippen LogP contribution in [0.3, 0.4) is 0 Å². The molecule has 4 heteroatoms. The lowest BCUT2D eigenvalue weighted by Gasteiger charge is -2.06. The summed E-state index contributed by atoms with van der Waals surface area (Å²) in [5.74, 6) is 0.598. The van der Waals surface area contributed by atoms with Gasteiger partial charge in [-0.05, 0) is 34.1 Å². The number of halogens is 1. The van der Waals surface area contributed by atoms with Crippen molar-refractivity contribution in [2.45, 2.75) is 0 Å². The first-order chi connectivity index (χ1) is 8.83. The van der Waals surface area contributed by atoms with Crippen molar-refractivity contribution in [2.75, 3.05) is 5.32 Å². The molecule has 0 spiro atoms. The molecule has 1 heterocycles. The van der Waals surface area contributed by atoms with Gasteiger partial charge in [-0.1, -0.05) is 30.3 Å². The van der Waals surface area contributed by atoms with Crippen LogP contribution in [0.5, 0.6) is 0 Å². The van der Waals surface area contributed by atoms with Crippen molar-refractivity contribution in [1.82, 2.24) is 9.97 Å². The van der Waals surface area contributed by atoms with Crippen LogP contribution in [0.1, 0.15) is 0 Å². The Bertz CT molecular complexity index is 683. The molecule has 0 aliphatic rings. The normalized spacial score (nSPS) is 10.5. The number of hydrogen-bond donors (Lipinski definition) is 1. The van der Waals surface area contributed by atoms with Gasteiger partial charge in [-0.15, -0.1) is 0 Å². The van der Waals surface area contributed by atoms with Crippen LogP contribution in [0.2, 0.25) is 0 Å². The molecule has 0 aliphatic carbocycles. The minimum Gasteiger partial charge on any atom is -0.324 e. The summed E-state index contributed by atoms with van der Waals surface area (Å²) in [5, 5.41) is 4.20. The molecule has 0 fully saturated rings. The highest BCUT2D eigenvalue weighted by atomic mass is 79.9. The summed E-state index contributed by atoms with van der Waals surface area (Å²) in [6, 6.07) is 15.8. The molecule has 1 N–H and O–H groups in total. The second-order valence-electron chi connectivity index (χ2n) is 3.86. The van der Waals surface area contributed by atoms with Crippen LogP contribution in [0.4, 0.5) is 11.6 Å². The molecule has 0 atom stereocenters. The zero-order valence-electron chi connectivity index (χ0n) is 9.47. The molecule has 3 nitrogen and oxygen atoms in total.